The van der Waals surface area contributed by atoms with E-state index in [0.717, 1.165) is 0 Å². The van der Waals surface area contributed by atoms with E-state index in [1.54, 1.807) is 0 Å². The van der Waals surface area contributed by atoms with Crippen LogP contribution in [-0.4, -0.2) is 25.9 Å². The molecule has 0 atom stereocenters. The second-order valence-corrected chi connectivity index (χ2v) is 5.39. The van der Waals surface area contributed by atoms with Gasteiger partial charge in [0.2, 0.25) is 8.87 Å². The van der Waals surface area contributed by atoms with E-state index in [0.29, 0.717) is 0 Å². The van der Waals surface area contributed by atoms with Gasteiger partial charge in [0, 0.05) is 11.5 Å². The summed E-state index contributed by atoms with van der Waals surface area (Å²) in [6, 6.07) is 0. The Hall–Kier alpha value is -0.430. The number of nitrogens with zero attached hydrogens (tertiary/aromatic N) is 3. The van der Waals surface area contributed by atoms with Crippen LogP contribution in [0.1, 0.15) is 6.42 Å². The molecule has 0 aromatic rings. The molecule has 0 aliphatic heterocycles. The van der Waals surface area contributed by atoms with Crippen molar-refractivity contribution in [2.75, 3.05) is 12.4 Å². The standard InChI is InChI=1S/C3H7N3O3S2/c4-5-6-10-11(8,9)3-1-2-7/h7H,1-3H2. The molecule has 0 saturated carbocycles. The molecule has 0 aliphatic carbocycles. The third-order valence-electron chi connectivity index (χ3n) is 0.736. The molecule has 0 heterocycles. The monoisotopic (exact) mass is 197 g/mol. The normalized spacial score (nSPS) is 10.6. The fourth-order valence-electron chi connectivity index (χ4n) is 0.344. The highest BCUT2D eigenvalue weighted by Gasteiger charge is 2.08. The minimum Gasteiger partial charge on any atom is -0.396 e. The molecule has 6 nitrogen and oxygen atoms in total. The van der Waals surface area contributed by atoms with E-state index in [-0.39, 0.29) is 29.8 Å². The molecule has 64 valence electrons. The van der Waals surface area contributed by atoms with E-state index in [4.69, 9.17) is 10.6 Å². The highest BCUT2D eigenvalue weighted by Crippen LogP contribution is 2.14. The maximum absolute atomic E-state index is 10.7. The van der Waals surface area contributed by atoms with Crippen molar-refractivity contribution in [3.63, 3.8) is 0 Å². The summed E-state index contributed by atoms with van der Waals surface area (Å²) in [7, 11) is -3.18. The molecule has 0 aliphatic rings. The molecule has 0 fully saturated rings. The molecule has 0 rings (SSSR count). The Morgan fingerprint density at radius 1 is 1.64 bits per heavy atom. The molecular weight excluding hydrogens is 190 g/mol. The van der Waals surface area contributed by atoms with Crippen LogP contribution in [0.25, 0.3) is 10.4 Å². The van der Waals surface area contributed by atoms with Crippen molar-refractivity contribution < 1.29 is 13.5 Å². The van der Waals surface area contributed by atoms with E-state index in [1.807, 2.05) is 0 Å². The second-order valence-electron chi connectivity index (χ2n) is 1.58. The summed E-state index contributed by atoms with van der Waals surface area (Å²) in [6.07, 6.45) is 0.163. The van der Waals surface area contributed by atoms with Crippen LogP contribution in [0.5, 0.6) is 0 Å². The summed E-state index contributed by atoms with van der Waals surface area (Å²) in [5.41, 5.74) is 7.78. The van der Waals surface area contributed by atoms with Gasteiger partial charge in [-0.05, 0) is 16.5 Å². The minimum atomic E-state index is -3.37. The first kappa shape index (κ1) is 10.6. The van der Waals surface area contributed by atoms with Crippen molar-refractivity contribution in [2.45, 2.75) is 6.42 Å². The van der Waals surface area contributed by atoms with Crippen molar-refractivity contribution in [1.82, 2.24) is 0 Å². The molecule has 0 spiro atoms. The molecule has 0 radical (unpaired) electrons. The van der Waals surface area contributed by atoms with Crippen molar-refractivity contribution >= 4 is 19.8 Å². The molecule has 1 N–H and O–H groups in total. The number of hydrogen-bond donors (Lipinski definition) is 1. The quantitative estimate of drug-likeness (QED) is 0.230. The van der Waals surface area contributed by atoms with Gasteiger partial charge in [0.05, 0.1) is 16.7 Å². The number of aliphatic hydroxyl groups is 1. The van der Waals surface area contributed by atoms with Gasteiger partial charge in [-0.25, -0.2) is 8.42 Å². The van der Waals surface area contributed by atoms with Crippen LogP contribution in [0, 0.1) is 0 Å². The van der Waals surface area contributed by atoms with Crippen LogP contribution in [0.2, 0.25) is 0 Å². The predicted molar refractivity (Wildman–Crippen MR) is 42.2 cm³/mol. The van der Waals surface area contributed by atoms with Crippen molar-refractivity contribution in [1.29, 1.82) is 0 Å². The first-order chi connectivity index (χ1) is 5.12. The van der Waals surface area contributed by atoms with Crippen molar-refractivity contribution in [3.05, 3.63) is 10.4 Å². The Labute approximate surface area is 67.7 Å². The summed E-state index contributed by atoms with van der Waals surface area (Å²) in [5.74, 6) is -0.173. The van der Waals surface area contributed by atoms with E-state index >= 15 is 0 Å². The lowest BCUT2D eigenvalue weighted by molar-refractivity contribution is 0.295. The van der Waals surface area contributed by atoms with Gasteiger partial charge >= 0.3 is 0 Å². The Morgan fingerprint density at radius 3 is 2.73 bits per heavy atom. The SMILES string of the molecule is [N-]=[N+]=NSS(=O)(=O)CCCO. The lowest BCUT2D eigenvalue weighted by atomic mass is 10.5. The Morgan fingerprint density at radius 2 is 2.27 bits per heavy atom. The van der Waals surface area contributed by atoms with E-state index in [9.17, 15) is 8.42 Å². The Balaban J connectivity index is 3.91. The van der Waals surface area contributed by atoms with E-state index in [2.05, 4.69) is 9.43 Å². The average molecular weight is 197 g/mol. The van der Waals surface area contributed by atoms with Crippen LogP contribution in [0.4, 0.5) is 0 Å². The van der Waals surface area contributed by atoms with Crippen LogP contribution >= 0.6 is 11.0 Å². The zero-order valence-electron chi connectivity index (χ0n) is 5.54. The van der Waals surface area contributed by atoms with Gasteiger partial charge in [0.25, 0.3) is 0 Å². The molecular formula is C3H7N3O3S2. The van der Waals surface area contributed by atoms with E-state index < -0.39 is 8.87 Å². The fraction of sp³-hybridized carbons (Fsp3) is 1.00. The molecule has 0 bridgehead atoms. The van der Waals surface area contributed by atoms with Gasteiger partial charge in [-0.3, -0.25) is 0 Å². The van der Waals surface area contributed by atoms with Gasteiger partial charge in [0.1, 0.15) is 0 Å². The molecule has 11 heavy (non-hydrogen) atoms. The fourth-order valence-corrected chi connectivity index (χ4v) is 2.00. The zero-order chi connectivity index (χ0) is 8.74. The first-order valence-electron chi connectivity index (χ1n) is 2.69. The second kappa shape index (κ2) is 5.25. The van der Waals surface area contributed by atoms with Gasteiger partial charge in [-0.2, -0.15) is 0 Å². The molecule has 0 unspecified atom stereocenters. The molecule has 0 saturated heterocycles. The van der Waals surface area contributed by atoms with Crippen molar-refractivity contribution in [3.8, 4) is 0 Å². The smallest absolute Gasteiger partial charge is 0.208 e. The highest BCUT2D eigenvalue weighted by molar-refractivity contribution is 8.71. The summed E-state index contributed by atoms with van der Waals surface area (Å²) >= 11 is 0. The summed E-state index contributed by atoms with van der Waals surface area (Å²) in [4.78, 5) is 2.28. The van der Waals surface area contributed by atoms with E-state index in [1.165, 1.54) is 0 Å². The molecule has 8 heteroatoms. The Kier molecular flexibility index (Phi) is 5.05. The maximum atomic E-state index is 10.7. The summed E-state index contributed by atoms with van der Waals surface area (Å²) in [5, 5.41) is 8.28. The zero-order valence-corrected chi connectivity index (χ0v) is 7.18. The number of aliphatic hydroxyl groups excluding tert-OH is 1. The highest BCUT2D eigenvalue weighted by atomic mass is 33.1. The van der Waals surface area contributed by atoms with Crippen LogP contribution in [0.15, 0.2) is 4.52 Å². The number of rotatable bonds is 5. The summed E-state index contributed by atoms with van der Waals surface area (Å²) < 4.78 is 24.3. The average Bonchev–Trinajstić information content (AvgIpc) is 1.97. The molecule has 0 aromatic heterocycles. The first-order valence-corrected chi connectivity index (χ1v) is 5.63. The third kappa shape index (κ3) is 5.99. The Bertz CT molecular complexity index is 243. The molecule has 0 amide bonds. The third-order valence-corrected chi connectivity index (χ3v) is 3.27. The largest absolute Gasteiger partial charge is 0.396 e. The lowest BCUT2D eigenvalue weighted by Crippen LogP contribution is -2.01. The van der Waals surface area contributed by atoms with Crippen molar-refractivity contribution in [2.24, 2.45) is 4.52 Å². The minimum absolute atomic E-state index is 0.163. The predicted octanol–water partition coefficient (Wildman–Crippen LogP) is 0.657. The maximum Gasteiger partial charge on any atom is 0.208 e. The van der Waals surface area contributed by atoms with Crippen LogP contribution in [0.3, 0.4) is 0 Å². The van der Waals surface area contributed by atoms with Gasteiger partial charge in [-0.15, -0.1) is 0 Å². The molecule has 0 aromatic carbocycles. The number of azide groups is 1. The lowest BCUT2D eigenvalue weighted by Gasteiger charge is -1.94. The van der Waals surface area contributed by atoms with Crippen LogP contribution in [-0.2, 0) is 8.87 Å². The van der Waals surface area contributed by atoms with Gasteiger partial charge in [-0.1, -0.05) is 0 Å². The topological polar surface area (TPSA) is 103 Å². The van der Waals surface area contributed by atoms with Crippen LogP contribution < -0.4 is 0 Å². The number of hydrogen-bond acceptors (Lipinski definition) is 5. The van der Waals surface area contributed by atoms with Gasteiger partial charge in [0.15, 0.2) is 0 Å². The summed E-state index contributed by atoms with van der Waals surface area (Å²) in [6.45, 7) is -0.184. The van der Waals surface area contributed by atoms with Gasteiger partial charge < -0.3 is 5.11 Å².